The monoisotopic (exact) mass is 231 g/mol. The Morgan fingerprint density at radius 1 is 1.06 bits per heavy atom. The number of nitrogens with one attached hydrogen (secondary N) is 1. The van der Waals surface area contributed by atoms with Gasteiger partial charge in [-0.2, -0.15) is 0 Å². The summed E-state index contributed by atoms with van der Waals surface area (Å²) in [5.41, 5.74) is 3.08. The molecule has 0 bridgehead atoms. The number of ether oxygens (including phenoxy) is 1. The van der Waals surface area contributed by atoms with Crippen LogP contribution in [0.5, 0.6) is 0 Å². The van der Waals surface area contributed by atoms with E-state index in [9.17, 15) is 0 Å². The molecule has 92 valence electrons. The zero-order valence-corrected chi connectivity index (χ0v) is 10.3. The maximum Gasteiger partial charge on any atom is 0.0480 e. The van der Waals surface area contributed by atoms with Crippen LogP contribution in [0.1, 0.15) is 42.7 Å². The van der Waals surface area contributed by atoms with Gasteiger partial charge in [-0.25, -0.2) is 0 Å². The predicted molar refractivity (Wildman–Crippen MR) is 69.1 cm³/mol. The van der Waals surface area contributed by atoms with Crippen LogP contribution in [0.2, 0.25) is 0 Å². The Kier molecular flexibility index (Phi) is 3.44. The van der Waals surface area contributed by atoms with Crippen LogP contribution >= 0.6 is 0 Å². The lowest BCUT2D eigenvalue weighted by molar-refractivity contribution is 0.0776. The molecule has 1 saturated carbocycles. The highest BCUT2D eigenvalue weighted by molar-refractivity contribution is 5.33. The van der Waals surface area contributed by atoms with Crippen molar-refractivity contribution in [2.75, 3.05) is 13.2 Å². The molecule has 2 nitrogen and oxygen atoms in total. The van der Waals surface area contributed by atoms with Gasteiger partial charge in [0.2, 0.25) is 0 Å². The van der Waals surface area contributed by atoms with Crippen LogP contribution in [-0.4, -0.2) is 19.3 Å². The van der Waals surface area contributed by atoms with Gasteiger partial charge in [0, 0.05) is 25.8 Å². The van der Waals surface area contributed by atoms with Gasteiger partial charge in [-0.3, -0.25) is 0 Å². The van der Waals surface area contributed by atoms with Crippen molar-refractivity contribution in [2.24, 2.45) is 0 Å². The number of rotatable bonds is 4. The first-order valence-electron chi connectivity index (χ1n) is 6.82. The number of hydrogen-bond acceptors (Lipinski definition) is 2. The molecule has 1 aromatic rings. The standard InChI is InChI=1S/C15H21NO/c1-2-4-15(12-5-6-12)13(3-1)11-16-14-7-9-17-10-8-14/h1-4,12,14,16H,5-11H2. The fraction of sp³-hybridized carbons (Fsp3) is 0.600. The number of benzene rings is 1. The minimum absolute atomic E-state index is 0.649. The second kappa shape index (κ2) is 5.19. The fourth-order valence-corrected chi connectivity index (χ4v) is 2.64. The van der Waals surface area contributed by atoms with Crippen LogP contribution in [-0.2, 0) is 11.3 Å². The molecule has 0 aromatic heterocycles. The van der Waals surface area contributed by atoms with Gasteiger partial charge in [0.15, 0.2) is 0 Å². The minimum Gasteiger partial charge on any atom is -0.381 e. The summed E-state index contributed by atoms with van der Waals surface area (Å²) in [6.07, 6.45) is 5.08. The molecule has 0 radical (unpaired) electrons. The van der Waals surface area contributed by atoms with Crippen molar-refractivity contribution in [1.29, 1.82) is 0 Å². The zero-order valence-electron chi connectivity index (χ0n) is 10.3. The fourth-order valence-electron chi connectivity index (χ4n) is 2.64. The van der Waals surface area contributed by atoms with Gasteiger partial charge < -0.3 is 10.1 Å². The van der Waals surface area contributed by atoms with Gasteiger partial charge in [0.25, 0.3) is 0 Å². The summed E-state index contributed by atoms with van der Waals surface area (Å²) in [7, 11) is 0. The average molecular weight is 231 g/mol. The molecule has 17 heavy (non-hydrogen) atoms. The Labute approximate surface area is 103 Å². The van der Waals surface area contributed by atoms with E-state index in [-0.39, 0.29) is 0 Å². The summed E-state index contributed by atoms with van der Waals surface area (Å²) in [5.74, 6) is 0.850. The topological polar surface area (TPSA) is 21.3 Å². The molecule has 0 spiro atoms. The Bertz CT molecular complexity index is 367. The third-order valence-electron chi connectivity index (χ3n) is 3.87. The average Bonchev–Trinajstić information content (AvgIpc) is 3.22. The first-order chi connectivity index (χ1) is 8.43. The first-order valence-corrected chi connectivity index (χ1v) is 6.82. The van der Waals surface area contributed by atoms with Crippen molar-refractivity contribution in [2.45, 2.75) is 44.2 Å². The lowest BCUT2D eigenvalue weighted by Crippen LogP contribution is -2.34. The Balaban J connectivity index is 1.60. The molecule has 1 aliphatic heterocycles. The van der Waals surface area contributed by atoms with E-state index in [1.54, 1.807) is 5.56 Å². The Hall–Kier alpha value is -0.860. The number of hydrogen-bond donors (Lipinski definition) is 1. The summed E-state index contributed by atoms with van der Waals surface area (Å²) < 4.78 is 5.38. The van der Waals surface area contributed by atoms with Crippen LogP contribution in [0, 0.1) is 0 Å². The molecular weight excluding hydrogens is 210 g/mol. The van der Waals surface area contributed by atoms with Crippen molar-refractivity contribution in [1.82, 2.24) is 5.32 Å². The SMILES string of the molecule is c1ccc(C2CC2)c(CNC2CCOCC2)c1. The van der Waals surface area contributed by atoms with Gasteiger partial charge in [-0.05, 0) is 42.7 Å². The summed E-state index contributed by atoms with van der Waals surface area (Å²) >= 11 is 0. The van der Waals surface area contributed by atoms with Gasteiger partial charge in [-0.1, -0.05) is 24.3 Å². The quantitative estimate of drug-likeness (QED) is 0.860. The molecule has 3 rings (SSSR count). The van der Waals surface area contributed by atoms with Gasteiger partial charge in [-0.15, -0.1) is 0 Å². The summed E-state index contributed by atoms with van der Waals surface area (Å²) in [4.78, 5) is 0. The van der Waals surface area contributed by atoms with Gasteiger partial charge in [0.1, 0.15) is 0 Å². The van der Waals surface area contributed by atoms with Crippen molar-refractivity contribution in [3.05, 3.63) is 35.4 Å². The molecule has 1 aliphatic carbocycles. The van der Waals surface area contributed by atoms with Crippen LogP contribution in [0.3, 0.4) is 0 Å². The Morgan fingerprint density at radius 3 is 2.59 bits per heavy atom. The molecule has 0 unspecified atom stereocenters. The largest absolute Gasteiger partial charge is 0.381 e. The maximum absolute atomic E-state index is 5.38. The molecular formula is C15H21NO. The predicted octanol–water partition coefficient (Wildman–Crippen LogP) is 2.83. The summed E-state index contributed by atoms with van der Waals surface area (Å²) in [6, 6.07) is 9.56. The molecule has 1 N–H and O–H groups in total. The lowest BCUT2D eigenvalue weighted by atomic mass is 10.0. The third kappa shape index (κ3) is 2.88. The smallest absolute Gasteiger partial charge is 0.0480 e. The second-order valence-corrected chi connectivity index (χ2v) is 5.24. The molecule has 0 atom stereocenters. The van der Waals surface area contributed by atoms with E-state index in [1.807, 2.05) is 0 Å². The van der Waals surface area contributed by atoms with E-state index in [0.29, 0.717) is 6.04 Å². The summed E-state index contributed by atoms with van der Waals surface area (Å²) in [6.45, 7) is 2.86. The first kappa shape index (κ1) is 11.2. The second-order valence-electron chi connectivity index (χ2n) is 5.24. The van der Waals surface area contributed by atoms with Crippen LogP contribution in [0.15, 0.2) is 24.3 Å². The molecule has 1 heterocycles. The zero-order chi connectivity index (χ0) is 11.5. The van der Waals surface area contributed by atoms with Crippen LogP contribution in [0.4, 0.5) is 0 Å². The van der Waals surface area contributed by atoms with Crippen molar-refractivity contribution in [3.63, 3.8) is 0 Å². The van der Waals surface area contributed by atoms with Crippen LogP contribution in [0.25, 0.3) is 0 Å². The van der Waals surface area contributed by atoms with Crippen LogP contribution < -0.4 is 5.32 Å². The Morgan fingerprint density at radius 2 is 1.82 bits per heavy atom. The molecule has 2 aliphatic rings. The van der Waals surface area contributed by atoms with Crippen molar-refractivity contribution < 1.29 is 4.74 Å². The third-order valence-corrected chi connectivity index (χ3v) is 3.87. The highest BCUT2D eigenvalue weighted by atomic mass is 16.5. The molecule has 2 fully saturated rings. The van der Waals surface area contributed by atoms with Gasteiger partial charge >= 0.3 is 0 Å². The van der Waals surface area contributed by atoms with E-state index in [2.05, 4.69) is 29.6 Å². The molecule has 1 saturated heterocycles. The molecule has 2 heteroatoms. The lowest BCUT2D eigenvalue weighted by Gasteiger charge is -2.23. The summed E-state index contributed by atoms with van der Waals surface area (Å²) in [5, 5.41) is 3.68. The highest BCUT2D eigenvalue weighted by Crippen LogP contribution is 2.41. The molecule has 0 amide bonds. The van der Waals surface area contributed by atoms with E-state index >= 15 is 0 Å². The van der Waals surface area contributed by atoms with E-state index in [0.717, 1.165) is 38.5 Å². The van der Waals surface area contributed by atoms with Gasteiger partial charge in [0.05, 0.1) is 0 Å². The van der Waals surface area contributed by atoms with Crippen molar-refractivity contribution >= 4 is 0 Å². The highest BCUT2D eigenvalue weighted by Gasteiger charge is 2.25. The molecule has 1 aromatic carbocycles. The maximum atomic E-state index is 5.38. The minimum atomic E-state index is 0.649. The van der Waals surface area contributed by atoms with Crippen molar-refractivity contribution in [3.8, 4) is 0 Å². The van der Waals surface area contributed by atoms with E-state index < -0.39 is 0 Å². The normalized spacial score (nSPS) is 21.6. The van der Waals surface area contributed by atoms with E-state index in [1.165, 1.54) is 18.4 Å². The van der Waals surface area contributed by atoms with E-state index in [4.69, 9.17) is 4.74 Å².